The number of thiazole rings is 1. The third-order valence-electron chi connectivity index (χ3n) is 2.67. The van der Waals surface area contributed by atoms with Gasteiger partial charge in [-0.25, -0.2) is 10.1 Å². The van der Waals surface area contributed by atoms with E-state index >= 15 is 0 Å². The van der Waals surface area contributed by atoms with Crippen LogP contribution in [0.2, 0.25) is 5.02 Å². The first-order valence-electron chi connectivity index (χ1n) is 6.07. The number of amides is 1. The predicted octanol–water partition coefficient (Wildman–Crippen LogP) is 2.76. The van der Waals surface area contributed by atoms with Gasteiger partial charge in [0.1, 0.15) is 11.3 Å². The van der Waals surface area contributed by atoms with Crippen molar-refractivity contribution in [1.29, 1.82) is 0 Å². The van der Waals surface area contributed by atoms with Gasteiger partial charge in [-0.2, -0.15) is 10.1 Å². The first kappa shape index (κ1) is 13.7. The Morgan fingerprint density at radius 2 is 2.24 bits per heavy atom. The van der Waals surface area contributed by atoms with Crippen LogP contribution >= 0.6 is 22.9 Å². The standard InChI is InChI=1S/C13H10ClN5OS/c14-10-4-2-1-3-9(10)12-17-8(6-21-12)5-11(20)18-13-15-7-16-19-13/h1-4,6-7H,5H2,(H2,15,16,18,19,20). The lowest BCUT2D eigenvalue weighted by Gasteiger charge is -2.00. The largest absolute Gasteiger partial charge is 0.295 e. The molecule has 0 atom stereocenters. The minimum atomic E-state index is -0.206. The number of halogens is 1. The average molecular weight is 320 g/mol. The summed E-state index contributed by atoms with van der Waals surface area (Å²) in [6, 6.07) is 7.48. The zero-order chi connectivity index (χ0) is 14.7. The molecule has 0 aliphatic heterocycles. The molecule has 1 aromatic carbocycles. The molecule has 0 saturated heterocycles. The lowest BCUT2D eigenvalue weighted by molar-refractivity contribution is -0.115. The molecule has 0 bridgehead atoms. The Kier molecular flexibility index (Phi) is 3.94. The zero-order valence-electron chi connectivity index (χ0n) is 10.7. The fourth-order valence-corrected chi connectivity index (χ4v) is 2.89. The van der Waals surface area contributed by atoms with Gasteiger partial charge in [-0.1, -0.05) is 29.8 Å². The summed E-state index contributed by atoms with van der Waals surface area (Å²) in [5, 5.41) is 12.1. The second-order valence-corrected chi connectivity index (χ2v) is 5.45. The van der Waals surface area contributed by atoms with E-state index in [0.717, 1.165) is 10.6 Å². The Labute approximate surface area is 129 Å². The van der Waals surface area contributed by atoms with Gasteiger partial charge in [-0.3, -0.25) is 10.1 Å². The second-order valence-electron chi connectivity index (χ2n) is 4.18. The van der Waals surface area contributed by atoms with Gasteiger partial charge in [0.05, 0.1) is 17.1 Å². The summed E-state index contributed by atoms with van der Waals surface area (Å²) >= 11 is 7.59. The van der Waals surface area contributed by atoms with Gasteiger partial charge in [-0.05, 0) is 6.07 Å². The van der Waals surface area contributed by atoms with Gasteiger partial charge in [-0.15, -0.1) is 11.3 Å². The Hall–Kier alpha value is -2.25. The quantitative estimate of drug-likeness (QED) is 0.774. The van der Waals surface area contributed by atoms with E-state index in [-0.39, 0.29) is 12.3 Å². The van der Waals surface area contributed by atoms with E-state index in [4.69, 9.17) is 11.6 Å². The van der Waals surface area contributed by atoms with Crippen molar-refractivity contribution in [2.75, 3.05) is 5.32 Å². The van der Waals surface area contributed by atoms with E-state index in [1.54, 1.807) is 0 Å². The van der Waals surface area contributed by atoms with E-state index in [1.165, 1.54) is 17.7 Å². The van der Waals surface area contributed by atoms with Gasteiger partial charge in [0.2, 0.25) is 11.9 Å². The number of hydrogen-bond acceptors (Lipinski definition) is 5. The van der Waals surface area contributed by atoms with E-state index < -0.39 is 0 Å². The SMILES string of the molecule is O=C(Cc1csc(-c2ccccc2Cl)n1)Nc1ncn[nH]1. The maximum absolute atomic E-state index is 11.8. The number of nitrogens with zero attached hydrogens (tertiary/aromatic N) is 3. The van der Waals surface area contributed by atoms with E-state index in [1.807, 2.05) is 29.6 Å². The number of anilines is 1. The first-order chi connectivity index (χ1) is 10.2. The Morgan fingerprint density at radius 1 is 1.38 bits per heavy atom. The van der Waals surface area contributed by atoms with E-state index in [2.05, 4.69) is 25.5 Å². The number of carbonyl (C=O) groups excluding carboxylic acids is 1. The molecule has 2 aromatic heterocycles. The summed E-state index contributed by atoms with van der Waals surface area (Å²) in [5.74, 6) is 0.115. The fraction of sp³-hybridized carbons (Fsp3) is 0.0769. The first-order valence-corrected chi connectivity index (χ1v) is 7.32. The van der Waals surface area contributed by atoms with Crippen molar-refractivity contribution in [2.24, 2.45) is 0 Å². The highest BCUT2D eigenvalue weighted by Crippen LogP contribution is 2.30. The van der Waals surface area contributed by atoms with Crippen LogP contribution in [0.5, 0.6) is 0 Å². The maximum atomic E-state index is 11.8. The number of H-pyrrole nitrogens is 1. The van der Waals surface area contributed by atoms with Crippen LogP contribution in [0.1, 0.15) is 5.69 Å². The van der Waals surface area contributed by atoms with Crippen LogP contribution in [-0.4, -0.2) is 26.1 Å². The smallest absolute Gasteiger partial charge is 0.232 e. The van der Waals surface area contributed by atoms with Crippen LogP contribution in [0.3, 0.4) is 0 Å². The van der Waals surface area contributed by atoms with Crippen LogP contribution in [-0.2, 0) is 11.2 Å². The second kappa shape index (κ2) is 6.02. The molecular formula is C13H10ClN5OS. The molecule has 3 rings (SSSR count). The topological polar surface area (TPSA) is 83.6 Å². The molecule has 2 heterocycles. The van der Waals surface area contributed by atoms with Gasteiger partial charge >= 0.3 is 0 Å². The summed E-state index contributed by atoms with van der Waals surface area (Å²) in [7, 11) is 0. The van der Waals surface area contributed by atoms with Crippen molar-refractivity contribution in [3.05, 3.63) is 46.7 Å². The molecule has 0 unspecified atom stereocenters. The summed E-state index contributed by atoms with van der Waals surface area (Å²) in [4.78, 5) is 20.1. The van der Waals surface area contributed by atoms with Crippen molar-refractivity contribution in [3.8, 4) is 10.6 Å². The minimum absolute atomic E-state index is 0.168. The summed E-state index contributed by atoms with van der Waals surface area (Å²) in [5.41, 5.74) is 1.55. The third-order valence-corrected chi connectivity index (χ3v) is 3.92. The van der Waals surface area contributed by atoms with Gasteiger partial charge < -0.3 is 0 Å². The number of rotatable bonds is 4. The minimum Gasteiger partial charge on any atom is -0.295 e. The molecule has 1 amide bonds. The molecule has 0 radical (unpaired) electrons. The molecule has 6 nitrogen and oxygen atoms in total. The van der Waals surface area contributed by atoms with Gasteiger partial charge in [0.25, 0.3) is 0 Å². The molecule has 0 saturated carbocycles. The maximum Gasteiger partial charge on any atom is 0.232 e. The third kappa shape index (κ3) is 3.26. The highest BCUT2D eigenvalue weighted by atomic mass is 35.5. The predicted molar refractivity (Wildman–Crippen MR) is 81.3 cm³/mol. The number of hydrogen-bond donors (Lipinski definition) is 2. The van der Waals surface area contributed by atoms with Crippen molar-refractivity contribution in [2.45, 2.75) is 6.42 Å². The van der Waals surface area contributed by atoms with Crippen molar-refractivity contribution in [3.63, 3.8) is 0 Å². The van der Waals surface area contributed by atoms with Crippen molar-refractivity contribution >= 4 is 34.8 Å². The average Bonchev–Trinajstić information content (AvgIpc) is 3.11. The number of aromatic amines is 1. The van der Waals surface area contributed by atoms with E-state index in [9.17, 15) is 4.79 Å². The van der Waals surface area contributed by atoms with Crippen LogP contribution in [0.15, 0.2) is 36.0 Å². The molecular weight excluding hydrogens is 310 g/mol. The lowest BCUT2D eigenvalue weighted by atomic mass is 10.2. The normalized spacial score (nSPS) is 10.5. The molecule has 0 aliphatic carbocycles. The zero-order valence-corrected chi connectivity index (χ0v) is 12.3. The number of benzene rings is 1. The summed E-state index contributed by atoms with van der Waals surface area (Å²) < 4.78 is 0. The fourth-order valence-electron chi connectivity index (χ4n) is 1.75. The van der Waals surface area contributed by atoms with Crippen LogP contribution < -0.4 is 5.32 Å². The molecule has 2 N–H and O–H groups in total. The summed E-state index contributed by atoms with van der Waals surface area (Å²) in [6.45, 7) is 0. The van der Waals surface area contributed by atoms with Gasteiger partial charge in [0.15, 0.2) is 0 Å². The summed E-state index contributed by atoms with van der Waals surface area (Å²) in [6.07, 6.45) is 1.50. The number of carbonyl (C=O) groups is 1. The monoisotopic (exact) mass is 319 g/mol. The number of nitrogens with one attached hydrogen (secondary N) is 2. The Morgan fingerprint density at radius 3 is 3.00 bits per heavy atom. The number of aromatic nitrogens is 4. The molecule has 0 spiro atoms. The van der Waals surface area contributed by atoms with Crippen molar-refractivity contribution < 1.29 is 4.79 Å². The molecule has 3 aromatic rings. The molecule has 106 valence electrons. The van der Waals surface area contributed by atoms with Crippen LogP contribution in [0, 0.1) is 0 Å². The van der Waals surface area contributed by atoms with Crippen LogP contribution in [0.25, 0.3) is 10.6 Å². The van der Waals surface area contributed by atoms with E-state index in [0.29, 0.717) is 16.7 Å². The van der Waals surface area contributed by atoms with Crippen molar-refractivity contribution in [1.82, 2.24) is 20.2 Å². The highest BCUT2D eigenvalue weighted by molar-refractivity contribution is 7.13. The molecule has 21 heavy (non-hydrogen) atoms. The van der Waals surface area contributed by atoms with Gasteiger partial charge in [0, 0.05) is 10.9 Å². The highest BCUT2D eigenvalue weighted by Gasteiger charge is 2.11. The molecule has 0 fully saturated rings. The molecule has 0 aliphatic rings. The lowest BCUT2D eigenvalue weighted by Crippen LogP contribution is -2.15. The Balaban J connectivity index is 1.71. The molecule has 8 heteroatoms. The van der Waals surface area contributed by atoms with Crippen LogP contribution in [0.4, 0.5) is 5.95 Å². The Bertz CT molecular complexity index is 756.